The average Bonchev–Trinajstić information content (AvgIpc) is 2.59. The molecule has 0 aromatic carbocycles. The van der Waals surface area contributed by atoms with E-state index in [0.717, 1.165) is 44.6 Å². The van der Waals surface area contributed by atoms with E-state index in [9.17, 15) is 9.59 Å². The molecule has 1 aliphatic heterocycles. The van der Waals surface area contributed by atoms with Crippen molar-refractivity contribution >= 4 is 18.1 Å². The van der Waals surface area contributed by atoms with Gasteiger partial charge in [0.05, 0.1) is 0 Å². The molecule has 0 unspecified atom stereocenters. The Morgan fingerprint density at radius 2 is 2.00 bits per heavy atom. The van der Waals surface area contributed by atoms with Gasteiger partial charge in [0.2, 0.25) is 6.41 Å². The summed E-state index contributed by atoms with van der Waals surface area (Å²) in [5.41, 5.74) is 0.340. The molecule has 0 saturated carbocycles. The van der Waals surface area contributed by atoms with Crippen LogP contribution in [0.3, 0.4) is 0 Å². The third kappa shape index (κ3) is 4.41. The number of amides is 2. The quantitative estimate of drug-likeness (QED) is 0.592. The third-order valence-corrected chi connectivity index (χ3v) is 3.74. The second-order valence-corrected chi connectivity index (χ2v) is 5.37. The first-order chi connectivity index (χ1) is 10.7. The Balaban J connectivity index is 1.85. The molecule has 1 aromatic heterocycles. The summed E-state index contributed by atoms with van der Waals surface area (Å²) in [6.07, 6.45) is 4.09. The van der Waals surface area contributed by atoms with E-state index in [1.165, 1.54) is 0 Å². The fraction of sp³-hybridized carbons (Fsp3) is 0.600. The summed E-state index contributed by atoms with van der Waals surface area (Å²) in [4.78, 5) is 26.4. The van der Waals surface area contributed by atoms with Crippen molar-refractivity contribution in [1.82, 2.24) is 20.4 Å². The average molecular weight is 305 g/mol. The number of aromatic nitrogens is 2. The SMILES string of the molecule is CCCCCNC(=O)c1ccc(N2CCN(C=O)CC2)nn1. The first-order valence-corrected chi connectivity index (χ1v) is 7.81. The van der Waals surface area contributed by atoms with Gasteiger partial charge in [-0.15, -0.1) is 10.2 Å². The number of piperazine rings is 1. The van der Waals surface area contributed by atoms with Crippen molar-refractivity contribution in [2.24, 2.45) is 0 Å². The number of carbonyl (C=O) groups is 2. The minimum Gasteiger partial charge on any atom is -0.352 e. The van der Waals surface area contributed by atoms with Crippen molar-refractivity contribution < 1.29 is 9.59 Å². The fourth-order valence-corrected chi connectivity index (χ4v) is 2.34. The maximum Gasteiger partial charge on any atom is 0.271 e. The maximum absolute atomic E-state index is 11.9. The monoisotopic (exact) mass is 305 g/mol. The maximum atomic E-state index is 11.9. The molecule has 22 heavy (non-hydrogen) atoms. The van der Waals surface area contributed by atoms with Crippen molar-refractivity contribution in [2.45, 2.75) is 26.2 Å². The Bertz CT molecular complexity index is 483. The lowest BCUT2D eigenvalue weighted by molar-refractivity contribution is -0.118. The predicted molar refractivity (Wildman–Crippen MR) is 83.7 cm³/mol. The van der Waals surface area contributed by atoms with E-state index in [-0.39, 0.29) is 5.91 Å². The second-order valence-electron chi connectivity index (χ2n) is 5.37. The van der Waals surface area contributed by atoms with Crippen LogP contribution in [0.25, 0.3) is 0 Å². The zero-order valence-electron chi connectivity index (χ0n) is 13.0. The molecule has 7 nitrogen and oxygen atoms in total. The molecule has 120 valence electrons. The van der Waals surface area contributed by atoms with Gasteiger partial charge in [-0.3, -0.25) is 9.59 Å². The molecule has 1 aliphatic rings. The topological polar surface area (TPSA) is 78.4 Å². The smallest absolute Gasteiger partial charge is 0.271 e. The molecule has 2 rings (SSSR count). The van der Waals surface area contributed by atoms with Crippen molar-refractivity contribution in [2.75, 3.05) is 37.6 Å². The van der Waals surface area contributed by atoms with E-state index in [1.807, 2.05) is 6.07 Å². The minimum absolute atomic E-state index is 0.180. The predicted octanol–water partition coefficient (Wildman–Crippen LogP) is 0.675. The Labute approximate surface area is 130 Å². The summed E-state index contributed by atoms with van der Waals surface area (Å²) >= 11 is 0. The van der Waals surface area contributed by atoms with Crippen LogP contribution in [0.5, 0.6) is 0 Å². The van der Waals surface area contributed by atoms with Crippen LogP contribution in [0.4, 0.5) is 5.82 Å². The van der Waals surface area contributed by atoms with Crippen LogP contribution in [0.1, 0.15) is 36.7 Å². The highest BCUT2D eigenvalue weighted by atomic mass is 16.2. The van der Waals surface area contributed by atoms with E-state index in [0.29, 0.717) is 25.3 Å². The number of rotatable bonds is 7. The summed E-state index contributed by atoms with van der Waals surface area (Å²) in [5, 5.41) is 11.0. The lowest BCUT2D eigenvalue weighted by Crippen LogP contribution is -2.46. The molecule has 0 atom stereocenters. The number of unbranched alkanes of at least 4 members (excludes halogenated alkanes) is 2. The van der Waals surface area contributed by atoms with Gasteiger partial charge in [-0.05, 0) is 18.6 Å². The normalized spacial score (nSPS) is 14.8. The number of nitrogens with zero attached hydrogens (tertiary/aromatic N) is 4. The molecule has 0 radical (unpaired) electrons. The Morgan fingerprint density at radius 1 is 1.23 bits per heavy atom. The zero-order valence-corrected chi connectivity index (χ0v) is 13.0. The molecule has 1 N–H and O–H groups in total. The second kappa shape index (κ2) is 8.31. The van der Waals surface area contributed by atoms with Gasteiger partial charge in [0.1, 0.15) is 0 Å². The summed E-state index contributed by atoms with van der Waals surface area (Å²) in [7, 11) is 0. The number of hydrogen-bond donors (Lipinski definition) is 1. The summed E-state index contributed by atoms with van der Waals surface area (Å²) in [6, 6.07) is 3.51. The van der Waals surface area contributed by atoms with E-state index >= 15 is 0 Å². The van der Waals surface area contributed by atoms with Gasteiger partial charge in [0, 0.05) is 32.7 Å². The van der Waals surface area contributed by atoms with Crippen molar-refractivity contribution in [1.29, 1.82) is 0 Å². The van der Waals surface area contributed by atoms with Crippen LogP contribution in [0, 0.1) is 0 Å². The van der Waals surface area contributed by atoms with Crippen molar-refractivity contribution in [3.63, 3.8) is 0 Å². The van der Waals surface area contributed by atoms with Gasteiger partial charge in [-0.25, -0.2) is 0 Å². The van der Waals surface area contributed by atoms with Gasteiger partial charge in [0.25, 0.3) is 5.91 Å². The van der Waals surface area contributed by atoms with E-state index in [4.69, 9.17) is 0 Å². The van der Waals surface area contributed by atoms with Gasteiger partial charge in [-0.1, -0.05) is 19.8 Å². The Hall–Kier alpha value is -2.18. The van der Waals surface area contributed by atoms with E-state index in [1.54, 1.807) is 11.0 Å². The lowest BCUT2D eigenvalue weighted by Gasteiger charge is -2.32. The van der Waals surface area contributed by atoms with Crippen LogP contribution in [0.15, 0.2) is 12.1 Å². The Kier molecular flexibility index (Phi) is 6.12. The summed E-state index contributed by atoms with van der Waals surface area (Å²) < 4.78 is 0. The number of anilines is 1. The van der Waals surface area contributed by atoms with Gasteiger partial charge < -0.3 is 15.1 Å². The number of carbonyl (C=O) groups excluding carboxylic acids is 2. The van der Waals surface area contributed by atoms with Crippen LogP contribution < -0.4 is 10.2 Å². The fourth-order valence-electron chi connectivity index (χ4n) is 2.34. The molecule has 7 heteroatoms. The third-order valence-electron chi connectivity index (χ3n) is 3.74. The first-order valence-electron chi connectivity index (χ1n) is 7.81. The highest BCUT2D eigenvalue weighted by Crippen LogP contribution is 2.12. The highest BCUT2D eigenvalue weighted by Gasteiger charge is 2.17. The highest BCUT2D eigenvalue weighted by molar-refractivity contribution is 5.92. The molecule has 0 spiro atoms. The van der Waals surface area contributed by atoms with E-state index in [2.05, 4.69) is 27.3 Å². The molecule has 2 heterocycles. The van der Waals surface area contributed by atoms with Crippen LogP contribution in [-0.4, -0.2) is 60.1 Å². The Morgan fingerprint density at radius 3 is 2.59 bits per heavy atom. The largest absolute Gasteiger partial charge is 0.352 e. The summed E-state index contributed by atoms with van der Waals surface area (Å²) in [5.74, 6) is 0.564. The standard InChI is InChI=1S/C15H23N5O2/c1-2-3-4-7-16-15(22)13-5-6-14(18-17-13)20-10-8-19(12-21)9-11-20/h5-6,12H,2-4,7-11H2,1H3,(H,16,22). The van der Waals surface area contributed by atoms with Gasteiger partial charge >= 0.3 is 0 Å². The molecule has 1 aromatic rings. The molecule has 1 saturated heterocycles. The van der Waals surface area contributed by atoms with E-state index < -0.39 is 0 Å². The van der Waals surface area contributed by atoms with Gasteiger partial charge in [-0.2, -0.15) is 0 Å². The molecule has 1 fully saturated rings. The van der Waals surface area contributed by atoms with Gasteiger partial charge in [0.15, 0.2) is 11.5 Å². The van der Waals surface area contributed by atoms with Crippen molar-refractivity contribution in [3.8, 4) is 0 Å². The number of nitrogens with one attached hydrogen (secondary N) is 1. The minimum atomic E-state index is -0.180. The van der Waals surface area contributed by atoms with Crippen molar-refractivity contribution in [3.05, 3.63) is 17.8 Å². The number of hydrogen-bond acceptors (Lipinski definition) is 5. The molecule has 2 amide bonds. The zero-order chi connectivity index (χ0) is 15.8. The molecule has 0 aliphatic carbocycles. The van der Waals surface area contributed by atoms with Crippen LogP contribution in [-0.2, 0) is 4.79 Å². The lowest BCUT2D eigenvalue weighted by atomic mass is 10.2. The molecular formula is C15H23N5O2. The summed E-state index contributed by atoms with van der Waals surface area (Å²) in [6.45, 7) is 5.63. The molecule has 0 bridgehead atoms. The molecular weight excluding hydrogens is 282 g/mol. The van der Waals surface area contributed by atoms with Crippen LogP contribution >= 0.6 is 0 Å². The first kappa shape index (κ1) is 16.2. The van der Waals surface area contributed by atoms with Crippen LogP contribution in [0.2, 0.25) is 0 Å².